The van der Waals surface area contributed by atoms with Gasteiger partial charge in [0.15, 0.2) is 0 Å². The molecule has 0 heterocycles. The molecule has 1 aliphatic rings. The van der Waals surface area contributed by atoms with Crippen molar-refractivity contribution in [2.75, 3.05) is 0 Å². The average Bonchev–Trinajstić information content (AvgIpc) is 2.40. The number of rotatable bonds is 2. The van der Waals surface area contributed by atoms with E-state index in [2.05, 4.69) is 20.4 Å². The van der Waals surface area contributed by atoms with Crippen molar-refractivity contribution in [3.63, 3.8) is 0 Å². The quantitative estimate of drug-likeness (QED) is 0.557. The summed E-state index contributed by atoms with van der Waals surface area (Å²) in [5.41, 5.74) is 6.94. The van der Waals surface area contributed by atoms with E-state index in [1.165, 1.54) is 12.0 Å². The van der Waals surface area contributed by atoms with Crippen molar-refractivity contribution in [2.24, 2.45) is 17.6 Å². The molecule has 0 aromatic heterocycles. The van der Waals surface area contributed by atoms with Crippen LogP contribution in [-0.4, -0.2) is 6.04 Å². The summed E-state index contributed by atoms with van der Waals surface area (Å²) in [6, 6.07) is 0.319. The summed E-state index contributed by atoms with van der Waals surface area (Å²) in [5, 5.41) is 0. The highest BCUT2D eigenvalue weighted by molar-refractivity contribution is 5.31. The summed E-state index contributed by atoms with van der Waals surface area (Å²) < 4.78 is 0. The molecule has 52 valence electrons. The van der Waals surface area contributed by atoms with E-state index < -0.39 is 0 Å². The van der Waals surface area contributed by atoms with Gasteiger partial charge in [-0.1, -0.05) is 32.4 Å². The lowest BCUT2D eigenvalue weighted by atomic mass is 10.0. The zero-order valence-electron chi connectivity index (χ0n) is 6.22. The van der Waals surface area contributed by atoms with E-state index >= 15 is 0 Å². The first-order valence-corrected chi connectivity index (χ1v) is 3.62. The van der Waals surface area contributed by atoms with Crippen molar-refractivity contribution in [1.82, 2.24) is 0 Å². The van der Waals surface area contributed by atoms with Gasteiger partial charge in [0.1, 0.15) is 0 Å². The van der Waals surface area contributed by atoms with Crippen LogP contribution in [0.2, 0.25) is 0 Å². The third-order valence-corrected chi connectivity index (χ3v) is 2.39. The third-order valence-electron chi connectivity index (χ3n) is 2.39. The van der Waals surface area contributed by atoms with E-state index in [9.17, 15) is 0 Å². The summed E-state index contributed by atoms with van der Waals surface area (Å²) in [5.74, 6) is 1.38. The zero-order chi connectivity index (χ0) is 7.02. The maximum atomic E-state index is 5.69. The summed E-state index contributed by atoms with van der Waals surface area (Å²) in [4.78, 5) is 0. The Kier molecular flexibility index (Phi) is 1.62. The summed E-state index contributed by atoms with van der Waals surface area (Å²) >= 11 is 0. The van der Waals surface area contributed by atoms with Crippen LogP contribution in [0.1, 0.15) is 20.3 Å². The van der Waals surface area contributed by atoms with E-state index in [1.54, 1.807) is 0 Å². The van der Waals surface area contributed by atoms with Gasteiger partial charge < -0.3 is 5.73 Å². The van der Waals surface area contributed by atoms with Crippen molar-refractivity contribution < 1.29 is 0 Å². The maximum Gasteiger partial charge on any atom is 0.0324 e. The minimum absolute atomic E-state index is 0.319. The Hall–Kier alpha value is -0.300. The second-order valence-corrected chi connectivity index (χ2v) is 3.01. The fourth-order valence-corrected chi connectivity index (χ4v) is 1.34. The van der Waals surface area contributed by atoms with Crippen molar-refractivity contribution in [2.45, 2.75) is 26.3 Å². The van der Waals surface area contributed by atoms with E-state index in [0.717, 1.165) is 5.92 Å². The van der Waals surface area contributed by atoms with Gasteiger partial charge >= 0.3 is 0 Å². The molecule has 0 radical (unpaired) electrons. The molecule has 1 nitrogen and oxygen atoms in total. The topological polar surface area (TPSA) is 26.0 Å². The number of nitrogens with two attached hydrogens (primary N) is 1. The van der Waals surface area contributed by atoms with Crippen molar-refractivity contribution in [3.8, 4) is 0 Å². The fourth-order valence-electron chi connectivity index (χ4n) is 1.34. The van der Waals surface area contributed by atoms with Gasteiger partial charge in [-0.25, -0.2) is 0 Å². The highest BCUT2D eigenvalue weighted by atomic mass is 14.8. The Labute approximate surface area is 56.9 Å². The molecule has 2 N–H and O–H groups in total. The maximum absolute atomic E-state index is 5.69. The van der Waals surface area contributed by atoms with Crippen LogP contribution in [0.5, 0.6) is 0 Å². The lowest BCUT2D eigenvalue weighted by Gasteiger charge is -2.03. The molecule has 0 aromatic rings. The van der Waals surface area contributed by atoms with Crippen molar-refractivity contribution >= 4 is 0 Å². The van der Waals surface area contributed by atoms with Crippen LogP contribution >= 0.6 is 0 Å². The monoisotopic (exact) mass is 125 g/mol. The predicted molar refractivity (Wildman–Crippen MR) is 40.1 cm³/mol. The summed E-state index contributed by atoms with van der Waals surface area (Å²) in [7, 11) is 0. The Morgan fingerprint density at radius 2 is 2.22 bits per heavy atom. The second kappa shape index (κ2) is 2.14. The van der Waals surface area contributed by atoms with Gasteiger partial charge in [0.2, 0.25) is 0 Å². The average molecular weight is 125 g/mol. The van der Waals surface area contributed by atoms with E-state index in [0.29, 0.717) is 12.0 Å². The van der Waals surface area contributed by atoms with Gasteiger partial charge in [0, 0.05) is 12.0 Å². The van der Waals surface area contributed by atoms with Crippen LogP contribution in [-0.2, 0) is 0 Å². The fraction of sp³-hybridized carbons (Fsp3) is 0.750. The summed E-state index contributed by atoms with van der Waals surface area (Å²) in [6.07, 6.45) is 1.22. The molecule has 1 saturated carbocycles. The van der Waals surface area contributed by atoms with Crippen molar-refractivity contribution in [1.29, 1.82) is 0 Å². The van der Waals surface area contributed by atoms with Gasteiger partial charge in [-0.05, 0) is 5.92 Å². The molecular weight excluding hydrogens is 110 g/mol. The van der Waals surface area contributed by atoms with Crippen LogP contribution in [0, 0.1) is 11.8 Å². The molecule has 9 heavy (non-hydrogen) atoms. The highest BCUT2D eigenvalue weighted by Gasteiger charge is 2.41. The number of hydrogen-bond acceptors (Lipinski definition) is 1. The highest BCUT2D eigenvalue weighted by Crippen LogP contribution is 2.41. The van der Waals surface area contributed by atoms with Gasteiger partial charge in [-0.2, -0.15) is 0 Å². The molecule has 0 aliphatic heterocycles. The van der Waals surface area contributed by atoms with Crippen molar-refractivity contribution in [3.05, 3.63) is 12.2 Å². The van der Waals surface area contributed by atoms with Crippen LogP contribution in [0.4, 0.5) is 0 Å². The molecule has 1 heteroatoms. The molecule has 3 atom stereocenters. The Bertz CT molecular complexity index is 129. The van der Waals surface area contributed by atoms with Gasteiger partial charge in [-0.3, -0.25) is 0 Å². The van der Waals surface area contributed by atoms with Crippen LogP contribution in [0.25, 0.3) is 0 Å². The number of hydrogen-bond donors (Lipinski definition) is 1. The normalized spacial score (nSPS) is 36.6. The third kappa shape index (κ3) is 1.01. The Balaban J connectivity index is 2.39. The van der Waals surface area contributed by atoms with E-state index in [1.807, 2.05) is 0 Å². The van der Waals surface area contributed by atoms with Gasteiger partial charge in [-0.15, -0.1) is 0 Å². The minimum Gasteiger partial charge on any atom is -0.324 e. The van der Waals surface area contributed by atoms with E-state index in [4.69, 9.17) is 5.73 Å². The second-order valence-electron chi connectivity index (χ2n) is 3.01. The lowest BCUT2D eigenvalue weighted by molar-refractivity contribution is 0.492. The minimum atomic E-state index is 0.319. The molecule has 0 saturated heterocycles. The molecular formula is C8H15N. The molecule has 0 spiro atoms. The Morgan fingerprint density at radius 3 is 2.33 bits per heavy atom. The standard InChI is InChI=1S/C8H15N/c1-4-5(2)7-6(3)8(7)9/h5,7-8H,3-4,9H2,1-2H3. The zero-order valence-corrected chi connectivity index (χ0v) is 6.22. The summed E-state index contributed by atoms with van der Waals surface area (Å²) in [6.45, 7) is 8.31. The first-order valence-electron chi connectivity index (χ1n) is 3.62. The lowest BCUT2D eigenvalue weighted by Crippen LogP contribution is -2.07. The molecule has 1 fully saturated rings. The predicted octanol–water partition coefficient (Wildman–Crippen LogP) is 1.55. The van der Waals surface area contributed by atoms with E-state index in [-0.39, 0.29) is 0 Å². The van der Waals surface area contributed by atoms with Crippen LogP contribution in [0.15, 0.2) is 12.2 Å². The van der Waals surface area contributed by atoms with Gasteiger partial charge in [0.25, 0.3) is 0 Å². The largest absolute Gasteiger partial charge is 0.324 e. The molecule has 0 aromatic carbocycles. The molecule has 1 rings (SSSR count). The van der Waals surface area contributed by atoms with Crippen LogP contribution in [0.3, 0.4) is 0 Å². The molecule has 1 aliphatic carbocycles. The SMILES string of the molecule is C=C1C(N)C1C(C)CC. The molecule has 3 unspecified atom stereocenters. The first-order chi connectivity index (χ1) is 4.18. The van der Waals surface area contributed by atoms with Gasteiger partial charge in [0.05, 0.1) is 0 Å². The Morgan fingerprint density at radius 1 is 1.78 bits per heavy atom. The van der Waals surface area contributed by atoms with Crippen LogP contribution < -0.4 is 5.73 Å². The smallest absolute Gasteiger partial charge is 0.0324 e. The first kappa shape index (κ1) is 6.81. The molecule has 0 bridgehead atoms. The molecule has 0 amide bonds.